The number of halogens is 3. The molecule has 2 aliphatic rings. The Morgan fingerprint density at radius 2 is 1.52 bits per heavy atom. The molecule has 2 heterocycles. The Hall–Kier alpha value is -3.77. The fourth-order valence-corrected chi connectivity index (χ4v) is 4.89. The number of nitrogens with one attached hydrogen (secondary N) is 1. The van der Waals surface area contributed by atoms with Gasteiger partial charge < -0.3 is 16.6 Å². The summed E-state index contributed by atoms with van der Waals surface area (Å²) in [6.45, 7) is 2.88. The van der Waals surface area contributed by atoms with Crippen LogP contribution in [0.1, 0.15) is 40.5 Å². The number of Topliss-reactive ketones (excluding diaryl/α,β-unsaturated/α-hetero) is 2. The topological polar surface area (TPSA) is 231 Å². The fraction of sp³-hybridized carbons (Fsp3) is 0.667. The highest BCUT2D eigenvalue weighted by Gasteiger charge is 2.53. The number of imide groups is 3. The van der Waals surface area contributed by atoms with E-state index in [1.807, 2.05) is 5.32 Å². The molecule has 6 N–H and O–H groups in total. The van der Waals surface area contributed by atoms with Gasteiger partial charge in [0.2, 0.25) is 5.91 Å². The molecule has 0 spiro atoms. The molecule has 42 heavy (non-hydrogen) atoms. The molecule has 18 heteroatoms. The number of hydrogen-bond acceptors (Lipinski definition) is 11. The number of rotatable bonds is 11. The summed E-state index contributed by atoms with van der Waals surface area (Å²) in [5.41, 5.74) is 9.02. The zero-order valence-corrected chi connectivity index (χ0v) is 23.3. The van der Waals surface area contributed by atoms with Gasteiger partial charge in [-0.3, -0.25) is 53.6 Å². The molecule has 1 unspecified atom stereocenters. The third kappa shape index (κ3) is 6.65. The molecule has 2 saturated heterocycles. The van der Waals surface area contributed by atoms with Crippen molar-refractivity contribution >= 4 is 47.2 Å². The van der Waals surface area contributed by atoms with Crippen molar-refractivity contribution in [3.8, 4) is 0 Å². The van der Waals surface area contributed by atoms with Gasteiger partial charge in [0.05, 0.1) is 18.6 Å². The first-order valence-corrected chi connectivity index (χ1v) is 12.9. The molecule has 0 aromatic rings. The minimum atomic E-state index is -5.18. The molecular formula is C24H33F3N6O9. The summed E-state index contributed by atoms with van der Waals surface area (Å²) in [6.07, 6.45) is -4.97. The highest BCUT2D eigenvalue weighted by atomic mass is 19.4. The van der Waals surface area contributed by atoms with Crippen LogP contribution in [0.25, 0.3) is 0 Å². The summed E-state index contributed by atoms with van der Waals surface area (Å²) >= 11 is 0. The summed E-state index contributed by atoms with van der Waals surface area (Å²) in [5.74, 6) is -12.1. The second kappa shape index (κ2) is 12.6. The molecular weight excluding hydrogens is 573 g/mol. The number of barbiturate groups is 1. The fourth-order valence-electron chi connectivity index (χ4n) is 4.89. The first-order valence-electron chi connectivity index (χ1n) is 12.9. The third-order valence-electron chi connectivity index (χ3n) is 7.24. The largest absolute Gasteiger partial charge is 0.480 e. The van der Waals surface area contributed by atoms with E-state index in [2.05, 4.69) is 0 Å². The van der Waals surface area contributed by atoms with Crippen LogP contribution in [0, 0.1) is 11.8 Å². The number of urea groups is 1. The Labute approximate surface area is 237 Å². The number of carboxylic acids is 1. The molecule has 0 radical (unpaired) electrons. The summed E-state index contributed by atoms with van der Waals surface area (Å²) in [6, 6.07) is -6.60. The van der Waals surface area contributed by atoms with Crippen molar-refractivity contribution in [1.29, 1.82) is 0 Å². The van der Waals surface area contributed by atoms with E-state index in [0.717, 1.165) is 4.90 Å². The molecule has 2 rings (SSSR count). The van der Waals surface area contributed by atoms with Crippen LogP contribution in [-0.2, 0) is 33.6 Å². The molecule has 0 aromatic carbocycles. The molecule has 2 aliphatic heterocycles. The lowest BCUT2D eigenvalue weighted by Gasteiger charge is -2.37. The number of carbonyl (C=O) groups is 8. The lowest BCUT2D eigenvalue weighted by Crippen LogP contribution is -2.70. The quantitative estimate of drug-likeness (QED) is 0.194. The summed E-state index contributed by atoms with van der Waals surface area (Å²) < 4.78 is 39.8. The third-order valence-corrected chi connectivity index (χ3v) is 7.24. The van der Waals surface area contributed by atoms with Crippen LogP contribution in [0.15, 0.2) is 0 Å². The van der Waals surface area contributed by atoms with Crippen LogP contribution in [0.5, 0.6) is 0 Å². The highest BCUT2D eigenvalue weighted by Crippen LogP contribution is 2.30. The number of nitrogens with two attached hydrogens (primary N) is 2. The van der Waals surface area contributed by atoms with Crippen molar-refractivity contribution < 1.29 is 56.6 Å². The monoisotopic (exact) mass is 606 g/mol. The highest BCUT2D eigenvalue weighted by molar-refractivity contribution is 6.22. The van der Waals surface area contributed by atoms with Gasteiger partial charge >= 0.3 is 18.2 Å². The van der Waals surface area contributed by atoms with Crippen molar-refractivity contribution in [2.45, 2.75) is 70.4 Å². The van der Waals surface area contributed by atoms with Crippen molar-refractivity contribution in [3.05, 3.63) is 0 Å². The molecule has 6 amide bonds. The summed E-state index contributed by atoms with van der Waals surface area (Å²) in [7, 11) is 0. The Kier molecular flexibility index (Phi) is 10.3. The number of ketones is 2. The van der Waals surface area contributed by atoms with Crippen LogP contribution < -0.4 is 16.8 Å². The Morgan fingerprint density at radius 3 is 1.98 bits per heavy atom. The van der Waals surface area contributed by atoms with Gasteiger partial charge in [0.15, 0.2) is 17.4 Å². The Morgan fingerprint density at radius 1 is 1.00 bits per heavy atom. The van der Waals surface area contributed by atoms with E-state index in [-0.39, 0.29) is 29.2 Å². The average molecular weight is 607 g/mol. The molecule has 2 fully saturated rings. The predicted octanol–water partition coefficient (Wildman–Crippen LogP) is -1.63. The van der Waals surface area contributed by atoms with Crippen LogP contribution in [0.2, 0.25) is 0 Å². The number of amides is 6. The number of hydrogen-bond donors (Lipinski definition) is 4. The molecule has 0 saturated carbocycles. The number of aliphatic carboxylic acids is 1. The minimum absolute atomic E-state index is 0.0111. The van der Waals surface area contributed by atoms with E-state index in [9.17, 15) is 51.5 Å². The first kappa shape index (κ1) is 34.4. The molecule has 15 nitrogen and oxygen atoms in total. The number of alkyl halides is 3. The molecule has 0 aliphatic carbocycles. The lowest BCUT2D eigenvalue weighted by molar-refractivity contribution is -0.179. The van der Waals surface area contributed by atoms with Crippen LogP contribution in [0.3, 0.4) is 0 Å². The molecule has 0 aromatic heterocycles. The normalized spacial score (nSPS) is 22.4. The number of carboxylic acid groups (broad SMARTS) is 1. The maximum Gasteiger partial charge on any atom is 0.451 e. The van der Waals surface area contributed by atoms with E-state index < -0.39 is 102 Å². The Balaban J connectivity index is 2.31. The molecule has 0 bridgehead atoms. The maximum absolute atomic E-state index is 13.3. The predicted molar refractivity (Wildman–Crippen MR) is 134 cm³/mol. The summed E-state index contributed by atoms with van der Waals surface area (Å²) in [5, 5.41) is 10.9. The minimum Gasteiger partial charge on any atom is -0.480 e. The second-order valence-corrected chi connectivity index (χ2v) is 10.7. The maximum atomic E-state index is 13.3. The number of carbonyl (C=O) groups excluding carboxylic acids is 7. The van der Waals surface area contributed by atoms with Crippen molar-refractivity contribution in [1.82, 2.24) is 20.0 Å². The second-order valence-electron chi connectivity index (χ2n) is 10.7. The van der Waals surface area contributed by atoms with E-state index in [1.165, 1.54) is 27.7 Å². The van der Waals surface area contributed by atoms with Gasteiger partial charge in [-0.1, -0.05) is 27.7 Å². The van der Waals surface area contributed by atoms with Gasteiger partial charge in [-0.05, 0) is 31.2 Å². The first-order chi connectivity index (χ1) is 19.2. The van der Waals surface area contributed by atoms with Gasteiger partial charge in [0, 0.05) is 0 Å². The van der Waals surface area contributed by atoms with Crippen molar-refractivity contribution in [3.63, 3.8) is 0 Å². The molecule has 234 valence electrons. The Bertz CT molecular complexity index is 1190. The van der Waals surface area contributed by atoms with E-state index in [4.69, 9.17) is 16.6 Å². The van der Waals surface area contributed by atoms with E-state index >= 15 is 0 Å². The van der Waals surface area contributed by atoms with Gasteiger partial charge in [0.1, 0.15) is 6.54 Å². The van der Waals surface area contributed by atoms with E-state index in [0.29, 0.717) is 0 Å². The zero-order valence-electron chi connectivity index (χ0n) is 23.3. The van der Waals surface area contributed by atoms with Crippen molar-refractivity contribution in [2.24, 2.45) is 23.3 Å². The number of likely N-dealkylation sites (tertiary alicyclic amines) is 1. The SMILES string of the molecule is CC(C)[C@@H](C(=O)C(F)(F)F)N1CCC[C@H]1C(=O)NC(=O)[C@](N)(C(=O)CN1C(=O)C(N)C(=O)N(CC(=O)O)C1=O)C(C)C. The summed E-state index contributed by atoms with van der Waals surface area (Å²) in [4.78, 5) is 102. The van der Waals surface area contributed by atoms with Gasteiger partial charge in [-0.15, -0.1) is 0 Å². The standard InChI is InChI=1S/C24H33F3N6O9/c1-10(2)16(17(37)24(25,26)27)31-7-5-6-12(31)18(38)30-21(41)23(29,11(3)4)13(34)8-32-19(39)15(28)20(40)33(22(32)42)9-14(35)36/h10-12,15-16H,5-9,28-29H2,1-4H3,(H,35,36)(H,30,38,41)/t12-,15?,16-,23+/m0/s1. The van der Waals surface area contributed by atoms with E-state index in [1.54, 1.807) is 0 Å². The van der Waals surface area contributed by atoms with Crippen molar-refractivity contribution in [2.75, 3.05) is 19.6 Å². The number of nitrogens with zero attached hydrogens (tertiary/aromatic N) is 3. The van der Waals surface area contributed by atoms with Gasteiger partial charge in [-0.2, -0.15) is 13.2 Å². The molecule has 4 atom stereocenters. The van der Waals surface area contributed by atoms with Crippen LogP contribution >= 0.6 is 0 Å². The lowest BCUT2D eigenvalue weighted by atomic mass is 9.81. The zero-order chi connectivity index (χ0) is 32.5. The van der Waals surface area contributed by atoms with Gasteiger partial charge in [-0.25, -0.2) is 4.79 Å². The average Bonchev–Trinajstić information content (AvgIpc) is 3.35. The van der Waals surface area contributed by atoms with Crippen LogP contribution in [0.4, 0.5) is 18.0 Å². The van der Waals surface area contributed by atoms with Crippen LogP contribution in [-0.4, -0.2) is 116 Å². The smallest absolute Gasteiger partial charge is 0.451 e. The van der Waals surface area contributed by atoms with Gasteiger partial charge in [0.25, 0.3) is 23.5 Å².